The fourth-order valence-corrected chi connectivity index (χ4v) is 3.87. The molecule has 0 fully saturated rings. The molecule has 0 aliphatic carbocycles. The number of pyridine rings is 1. The van der Waals surface area contributed by atoms with E-state index in [0.717, 1.165) is 30.6 Å². The highest BCUT2D eigenvalue weighted by Gasteiger charge is 2.17. The number of anilines is 2. The third kappa shape index (κ3) is 3.91. The molecule has 0 saturated carbocycles. The van der Waals surface area contributed by atoms with Crippen molar-refractivity contribution in [3.63, 3.8) is 0 Å². The SMILES string of the molecule is COc1cc(C(=O)Nc2ccc3c(c2)N(C)CCC3)ccc1-c1ncccc1Cl. The number of ether oxygens (including phenoxy) is 1. The van der Waals surface area contributed by atoms with Crippen LogP contribution in [0, 0.1) is 0 Å². The van der Waals surface area contributed by atoms with Crippen LogP contribution in [0.4, 0.5) is 11.4 Å². The summed E-state index contributed by atoms with van der Waals surface area (Å²) in [5.41, 5.74) is 5.13. The number of fused-ring (bicyclic) bond motifs is 1. The van der Waals surface area contributed by atoms with Crippen LogP contribution in [0.1, 0.15) is 22.3 Å². The van der Waals surface area contributed by atoms with Crippen LogP contribution in [0.2, 0.25) is 5.02 Å². The van der Waals surface area contributed by atoms with Crippen LogP contribution in [0.25, 0.3) is 11.3 Å². The van der Waals surface area contributed by atoms with E-state index in [1.54, 1.807) is 37.6 Å². The van der Waals surface area contributed by atoms with Gasteiger partial charge in [-0.2, -0.15) is 0 Å². The van der Waals surface area contributed by atoms with Gasteiger partial charge in [0, 0.05) is 42.3 Å². The van der Waals surface area contributed by atoms with Crippen LogP contribution in [-0.2, 0) is 6.42 Å². The maximum Gasteiger partial charge on any atom is 0.255 e. The molecule has 3 aromatic rings. The average Bonchev–Trinajstić information content (AvgIpc) is 2.74. The zero-order valence-electron chi connectivity index (χ0n) is 16.4. The van der Waals surface area contributed by atoms with Crippen molar-refractivity contribution in [2.75, 3.05) is 30.9 Å². The third-order valence-corrected chi connectivity index (χ3v) is 5.48. The van der Waals surface area contributed by atoms with Gasteiger partial charge in [0.25, 0.3) is 5.91 Å². The highest BCUT2D eigenvalue weighted by atomic mass is 35.5. The fourth-order valence-electron chi connectivity index (χ4n) is 3.65. The summed E-state index contributed by atoms with van der Waals surface area (Å²) in [5, 5.41) is 3.52. The van der Waals surface area contributed by atoms with Crippen molar-refractivity contribution in [3.8, 4) is 17.0 Å². The standard InChI is InChI=1S/C23H22ClN3O2/c1-27-12-4-5-15-7-9-17(14-20(15)27)26-23(28)16-8-10-18(21(13-16)29-2)22-19(24)6-3-11-25-22/h3,6-11,13-14H,4-5,12H2,1-2H3,(H,26,28). The molecule has 0 radical (unpaired) electrons. The summed E-state index contributed by atoms with van der Waals surface area (Å²) in [6.45, 7) is 1.03. The van der Waals surface area contributed by atoms with E-state index in [0.29, 0.717) is 22.0 Å². The molecular weight excluding hydrogens is 386 g/mol. The van der Waals surface area contributed by atoms with Crippen LogP contribution >= 0.6 is 11.6 Å². The van der Waals surface area contributed by atoms with Gasteiger partial charge in [-0.3, -0.25) is 9.78 Å². The van der Waals surface area contributed by atoms with Gasteiger partial charge in [-0.25, -0.2) is 0 Å². The van der Waals surface area contributed by atoms with Crippen molar-refractivity contribution < 1.29 is 9.53 Å². The molecule has 1 aliphatic rings. The Morgan fingerprint density at radius 3 is 2.86 bits per heavy atom. The molecule has 0 bridgehead atoms. The lowest BCUT2D eigenvalue weighted by atomic mass is 10.0. The quantitative estimate of drug-likeness (QED) is 0.657. The number of halogens is 1. The van der Waals surface area contributed by atoms with Crippen molar-refractivity contribution in [1.82, 2.24) is 4.98 Å². The maximum atomic E-state index is 12.8. The summed E-state index contributed by atoms with van der Waals surface area (Å²) >= 11 is 6.27. The number of amides is 1. The molecule has 2 aromatic carbocycles. The summed E-state index contributed by atoms with van der Waals surface area (Å²) < 4.78 is 5.50. The normalized spacial score (nSPS) is 13.0. The van der Waals surface area contributed by atoms with Crippen LogP contribution in [0.15, 0.2) is 54.7 Å². The van der Waals surface area contributed by atoms with Gasteiger partial charge >= 0.3 is 0 Å². The predicted molar refractivity (Wildman–Crippen MR) is 117 cm³/mol. The molecular formula is C23H22ClN3O2. The molecule has 1 aromatic heterocycles. The number of carbonyl (C=O) groups is 1. The van der Waals surface area contributed by atoms with Crippen LogP contribution in [0.3, 0.4) is 0 Å². The van der Waals surface area contributed by atoms with Crippen LogP contribution < -0.4 is 15.0 Å². The maximum absolute atomic E-state index is 12.8. The molecule has 148 valence electrons. The fraction of sp³-hybridized carbons (Fsp3) is 0.217. The van der Waals surface area contributed by atoms with Crippen LogP contribution in [-0.4, -0.2) is 31.6 Å². The molecule has 4 rings (SSSR count). The number of nitrogens with one attached hydrogen (secondary N) is 1. The highest BCUT2D eigenvalue weighted by Crippen LogP contribution is 2.34. The molecule has 6 heteroatoms. The van der Waals surface area contributed by atoms with Crippen molar-refractivity contribution in [2.24, 2.45) is 0 Å². The van der Waals surface area contributed by atoms with Gasteiger partial charge in [-0.1, -0.05) is 17.7 Å². The molecule has 5 nitrogen and oxygen atoms in total. The Morgan fingerprint density at radius 1 is 1.21 bits per heavy atom. The van der Waals surface area contributed by atoms with Gasteiger partial charge in [-0.15, -0.1) is 0 Å². The zero-order valence-corrected chi connectivity index (χ0v) is 17.2. The highest BCUT2D eigenvalue weighted by molar-refractivity contribution is 6.33. The summed E-state index contributed by atoms with van der Waals surface area (Å²) in [6.07, 6.45) is 3.90. The van der Waals surface area contributed by atoms with Crippen LogP contribution in [0.5, 0.6) is 5.75 Å². The minimum atomic E-state index is -0.194. The van der Waals surface area contributed by atoms with Gasteiger partial charge in [0.2, 0.25) is 0 Å². The van der Waals surface area contributed by atoms with E-state index in [4.69, 9.17) is 16.3 Å². The summed E-state index contributed by atoms with van der Waals surface area (Å²) in [7, 11) is 3.65. The number of benzene rings is 2. The van der Waals surface area contributed by atoms with E-state index >= 15 is 0 Å². The Kier molecular flexibility index (Phi) is 5.41. The number of carbonyl (C=O) groups excluding carboxylic acids is 1. The lowest BCUT2D eigenvalue weighted by Crippen LogP contribution is -2.24. The minimum absolute atomic E-state index is 0.194. The van der Waals surface area contributed by atoms with Gasteiger partial charge in [0.1, 0.15) is 5.75 Å². The number of nitrogens with zero attached hydrogens (tertiary/aromatic N) is 2. The number of rotatable bonds is 4. The molecule has 2 heterocycles. The van der Waals surface area contributed by atoms with Crippen molar-refractivity contribution in [3.05, 3.63) is 70.9 Å². The number of hydrogen-bond acceptors (Lipinski definition) is 4. The first-order valence-corrected chi connectivity index (χ1v) is 9.89. The molecule has 1 amide bonds. The number of aromatic nitrogens is 1. The Balaban J connectivity index is 1.60. The summed E-state index contributed by atoms with van der Waals surface area (Å²) in [4.78, 5) is 19.4. The zero-order chi connectivity index (χ0) is 20.4. The first kappa shape index (κ1) is 19.3. The Bertz CT molecular complexity index is 1070. The lowest BCUT2D eigenvalue weighted by Gasteiger charge is -2.28. The van der Waals surface area contributed by atoms with E-state index in [2.05, 4.69) is 28.3 Å². The lowest BCUT2D eigenvalue weighted by molar-refractivity contribution is 0.102. The molecule has 0 atom stereocenters. The summed E-state index contributed by atoms with van der Waals surface area (Å²) in [6, 6.07) is 14.9. The van der Waals surface area contributed by atoms with E-state index in [9.17, 15) is 4.79 Å². The van der Waals surface area contributed by atoms with Gasteiger partial charge < -0.3 is 15.0 Å². The molecule has 0 spiro atoms. The first-order chi connectivity index (χ1) is 14.1. The average molecular weight is 408 g/mol. The molecule has 0 saturated heterocycles. The second-order valence-corrected chi connectivity index (χ2v) is 7.48. The van der Waals surface area contributed by atoms with E-state index < -0.39 is 0 Å². The molecule has 1 aliphatic heterocycles. The number of methoxy groups -OCH3 is 1. The number of hydrogen-bond donors (Lipinski definition) is 1. The van der Waals surface area contributed by atoms with Gasteiger partial charge in [-0.05, 0) is 60.9 Å². The van der Waals surface area contributed by atoms with Gasteiger partial charge in [0.15, 0.2) is 0 Å². The smallest absolute Gasteiger partial charge is 0.255 e. The van der Waals surface area contributed by atoms with E-state index in [1.807, 2.05) is 18.2 Å². The summed E-state index contributed by atoms with van der Waals surface area (Å²) in [5.74, 6) is 0.351. The second kappa shape index (κ2) is 8.13. The Hall–Kier alpha value is -3.05. The first-order valence-electron chi connectivity index (χ1n) is 9.51. The largest absolute Gasteiger partial charge is 0.496 e. The van der Waals surface area contributed by atoms with E-state index in [-0.39, 0.29) is 5.91 Å². The van der Waals surface area contributed by atoms with Crippen molar-refractivity contribution >= 4 is 28.9 Å². The monoisotopic (exact) mass is 407 g/mol. The predicted octanol–water partition coefficient (Wildman–Crippen LogP) is 5.05. The Morgan fingerprint density at radius 2 is 2.07 bits per heavy atom. The molecule has 29 heavy (non-hydrogen) atoms. The minimum Gasteiger partial charge on any atom is -0.496 e. The number of aryl methyl sites for hydroxylation is 1. The Labute approximate surface area is 175 Å². The van der Waals surface area contributed by atoms with E-state index in [1.165, 1.54) is 11.3 Å². The van der Waals surface area contributed by atoms with Crippen molar-refractivity contribution in [2.45, 2.75) is 12.8 Å². The molecule has 0 unspecified atom stereocenters. The van der Waals surface area contributed by atoms with Gasteiger partial charge in [0.05, 0.1) is 17.8 Å². The van der Waals surface area contributed by atoms with Crippen molar-refractivity contribution in [1.29, 1.82) is 0 Å². The third-order valence-electron chi connectivity index (χ3n) is 5.17. The topological polar surface area (TPSA) is 54.5 Å². The second-order valence-electron chi connectivity index (χ2n) is 7.07. The molecule has 1 N–H and O–H groups in total.